The Morgan fingerprint density at radius 1 is 0.597 bits per heavy atom. The summed E-state index contributed by atoms with van der Waals surface area (Å²) in [6, 6.07) is 19.1. The number of carboxylic acids is 1. The predicted molar refractivity (Wildman–Crippen MR) is 228 cm³/mol. The number of nitrogens with one attached hydrogen (secondary N) is 7. The molecule has 324 valence electrons. The molecule has 2 heterocycles. The number of rotatable bonds is 21. The number of carbonyl (C=O) groups is 7. The molecular formula is C45H50N8O9. The van der Waals surface area contributed by atoms with Crippen LogP contribution in [0.1, 0.15) is 42.0 Å². The number of aromatic amines is 1. The highest BCUT2D eigenvalue weighted by molar-refractivity contribution is 5.97. The fraction of sp³-hybridized carbons (Fsp3) is 0.289. The smallest absolute Gasteiger partial charge is 0.303 e. The van der Waals surface area contributed by atoms with Crippen LogP contribution in [0.25, 0.3) is 10.9 Å². The van der Waals surface area contributed by atoms with Crippen LogP contribution in [0, 0.1) is 0 Å². The summed E-state index contributed by atoms with van der Waals surface area (Å²) in [6.45, 7) is 1.25. The van der Waals surface area contributed by atoms with Gasteiger partial charge in [0.15, 0.2) is 0 Å². The van der Waals surface area contributed by atoms with Crippen LogP contribution in [0.5, 0.6) is 5.75 Å². The number of carbonyl (C=O) groups excluding carboxylic acids is 6. The van der Waals surface area contributed by atoms with E-state index in [0.717, 1.165) is 16.5 Å². The van der Waals surface area contributed by atoms with Gasteiger partial charge in [-0.05, 0) is 52.9 Å². The van der Waals surface area contributed by atoms with Gasteiger partial charge in [-0.1, -0.05) is 66.7 Å². The van der Waals surface area contributed by atoms with Crippen molar-refractivity contribution >= 4 is 52.3 Å². The van der Waals surface area contributed by atoms with E-state index in [0.29, 0.717) is 16.7 Å². The van der Waals surface area contributed by atoms with Gasteiger partial charge in [0.1, 0.15) is 36.0 Å². The van der Waals surface area contributed by atoms with Gasteiger partial charge in [0.25, 0.3) is 0 Å². The van der Waals surface area contributed by atoms with Gasteiger partial charge in [-0.2, -0.15) is 0 Å². The molecule has 5 aromatic rings. The molecule has 6 amide bonds. The number of fused-ring (bicyclic) bond motifs is 1. The second-order valence-corrected chi connectivity index (χ2v) is 14.7. The van der Waals surface area contributed by atoms with E-state index in [9.17, 15) is 43.8 Å². The molecule has 0 spiro atoms. The van der Waals surface area contributed by atoms with Crippen molar-refractivity contribution in [3.8, 4) is 5.75 Å². The fourth-order valence-corrected chi connectivity index (χ4v) is 6.88. The molecule has 9 N–H and O–H groups in total. The fourth-order valence-electron chi connectivity index (χ4n) is 6.88. The lowest BCUT2D eigenvalue weighted by Crippen LogP contribution is -2.60. The first-order valence-corrected chi connectivity index (χ1v) is 20.0. The van der Waals surface area contributed by atoms with Gasteiger partial charge < -0.3 is 47.1 Å². The minimum absolute atomic E-state index is 0.0262. The number of H-pyrrole nitrogens is 1. The van der Waals surface area contributed by atoms with E-state index in [2.05, 4.69) is 41.9 Å². The lowest BCUT2D eigenvalue weighted by Gasteiger charge is -2.27. The number of aromatic nitrogens is 2. The summed E-state index contributed by atoms with van der Waals surface area (Å²) in [7, 11) is 1.41. The third-order valence-electron chi connectivity index (χ3n) is 10.0. The van der Waals surface area contributed by atoms with E-state index in [-0.39, 0.29) is 37.9 Å². The van der Waals surface area contributed by atoms with Gasteiger partial charge in [-0.25, -0.2) is 0 Å². The Kier molecular flexibility index (Phi) is 16.3. The van der Waals surface area contributed by atoms with Gasteiger partial charge in [0.05, 0.1) is 0 Å². The second-order valence-electron chi connectivity index (χ2n) is 14.7. The highest BCUT2D eigenvalue weighted by Gasteiger charge is 2.33. The molecule has 0 unspecified atom stereocenters. The zero-order valence-corrected chi connectivity index (χ0v) is 34.2. The number of aliphatic carboxylic acids is 1. The minimum atomic E-state index is -1.46. The Morgan fingerprint density at radius 2 is 1.11 bits per heavy atom. The predicted octanol–water partition coefficient (Wildman–Crippen LogP) is 1.59. The van der Waals surface area contributed by atoms with E-state index in [4.69, 9.17) is 0 Å². The van der Waals surface area contributed by atoms with Crippen LogP contribution in [0.15, 0.2) is 110 Å². The van der Waals surface area contributed by atoms with Crippen LogP contribution in [0.3, 0.4) is 0 Å². The number of nitrogens with zero attached hydrogens (tertiary/aromatic N) is 1. The van der Waals surface area contributed by atoms with Crippen LogP contribution >= 0.6 is 0 Å². The monoisotopic (exact) mass is 846 g/mol. The standard InChI is InChI=1S/C45H50N8O9/c1-27(54)49-36(23-30-11-8-20-47-25-30)43(60)51-38(22-29-14-16-32(55)17-15-29)45(62)52-37(21-28-9-4-3-5-10-28)44(61)50-35(18-19-40(56)57)42(59)53-39(41(58)46-2)24-31-26-48-34-13-7-6-12-33(31)34/h3-17,20,25-26,35-39,48,55H,18-19,21-24H2,1-2H3,(H,46,58)(H,49,54)(H,50,61)(H,51,60)(H,52,62)(H,53,59)(H,56,57)/t35-,36-,37-,38-,39-/m0/s1. The molecule has 5 atom stereocenters. The largest absolute Gasteiger partial charge is 0.508 e. The molecule has 0 aliphatic carbocycles. The van der Waals surface area contributed by atoms with Gasteiger partial charge in [0, 0.05) is 75.6 Å². The van der Waals surface area contributed by atoms with Crippen molar-refractivity contribution in [2.75, 3.05) is 7.05 Å². The number of phenols is 1. The molecule has 17 nitrogen and oxygen atoms in total. The molecule has 62 heavy (non-hydrogen) atoms. The number of likely N-dealkylation sites (N-methyl/N-ethyl adjacent to an activating group) is 1. The third kappa shape index (κ3) is 13.5. The molecule has 0 bridgehead atoms. The van der Waals surface area contributed by atoms with Crippen molar-refractivity contribution in [1.29, 1.82) is 0 Å². The number of aromatic hydroxyl groups is 1. The van der Waals surface area contributed by atoms with Crippen molar-refractivity contribution in [1.82, 2.24) is 41.9 Å². The minimum Gasteiger partial charge on any atom is -0.508 e. The first-order chi connectivity index (χ1) is 29.8. The average Bonchev–Trinajstić information content (AvgIpc) is 3.67. The maximum absolute atomic E-state index is 14.3. The number of amides is 6. The number of hydrogen-bond donors (Lipinski definition) is 9. The molecule has 0 fully saturated rings. The SMILES string of the molecule is CNC(=O)[C@H](Cc1c[nH]c2ccccc12)NC(=O)[C@H](CCC(=O)O)NC(=O)[C@H](Cc1ccccc1)NC(=O)[C@H](Cc1ccc(O)cc1)NC(=O)[C@H](Cc1cccnc1)NC(C)=O. The second kappa shape index (κ2) is 22.2. The summed E-state index contributed by atoms with van der Waals surface area (Å²) >= 11 is 0. The highest BCUT2D eigenvalue weighted by atomic mass is 16.4. The maximum atomic E-state index is 14.3. The third-order valence-corrected chi connectivity index (χ3v) is 10.0. The normalized spacial score (nSPS) is 13.3. The topological polar surface area (TPSA) is 261 Å². The average molecular weight is 847 g/mol. The van der Waals surface area contributed by atoms with Gasteiger partial charge in [-0.3, -0.25) is 38.5 Å². The number of hydrogen-bond acceptors (Lipinski definition) is 9. The molecule has 0 aliphatic heterocycles. The summed E-state index contributed by atoms with van der Waals surface area (Å²) in [5, 5.41) is 36.2. The lowest BCUT2D eigenvalue weighted by atomic mass is 10.0. The zero-order valence-electron chi connectivity index (χ0n) is 34.2. The molecule has 17 heteroatoms. The van der Waals surface area contributed by atoms with E-state index < -0.39 is 78.0 Å². The summed E-state index contributed by atoms with van der Waals surface area (Å²) in [5.41, 5.74) is 3.37. The summed E-state index contributed by atoms with van der Waals surface area (Å²) in [4.78, 5) is 101. The van der Waals surface area contributed by atoms with E-state index in [1.54, 1.807) is 73.2 Å². The van der Waals surface area contributed by atoms with E-state index >= 15 is 0 Å². The van der Waals surface area contributed by atoms with Crippen molar-refractivity contribution in [2.45, 2.75) is 75.7 Å². The van der Waals surface area contributed by atoms with Gasteiger partial charge in [-0.15, -0.1) is 0 Å². The van der Waals surface area contributed by atoms with Crippen LogP contribution in [-0.4, -0.2) is 98.9 Å². The van der Waals surface area contributed by atoms with Crippen molar-refractivity contribution in [2.24, 2.45) is 0 Å². The van der Waals surface area contributed by atoms with Crippen LogP contribution in [0.2, 0.25) is 0 Å². The van der Waals surface area contributed by atoms with Gasteiger partial charge in [0.2, 0.25) is 35.4 Å². The zero-order chi connectivity index (χ0) is 44.6. The molecule has 2 aromatic heterocycles. The molecule has 0 radical (unpaired) electrons. The number of carboxylic acid groups (broad SMARTS) is 1. The number of pyridine rings is 1. The van der Waals surface area contributed by atoms with Crippen LogP contribution < -0.4 is 31.9 Å². The lowest BCUT2D eigenvalue weighted by molar-refractivity contribution is -0.138. The van der Waals surface area contributed by atoms with Crippen molar-refractivity contribution in [3.63, 3.8) is 0 Å². The molecule has 5 rings (SSSR count). The first kappa shape index (κ1) is 45.5. The van der Waals surface area contributed by atoms with Crippen molar-refractivity contribution in [3.05, 3.63) is 132 Å². The summed E-state index contributed by atoms with van der Waals surface area (Å²) in [5.74, 6) is -5.44. The Bertz CT molecular complexity index is 2340. The molecule has 0 saturated carbocycles. The highest BCUT2D eigenvalue weighted by Crippen LogP contribution is 2.20. The van der Waals surface area contributed by atoms with Crippen LogP contribution in [-0.2, 0) is 59.2 Å². The molecule has 3 aromatic carbocycles. The Hall–Kier alpha value is -7.56. The number of benzene rings is 3. The number of para-hydroxylation sites is 1. The van der Waals surface area contributed by atoms with E-state index in [1.807, 2.05) is 24.3 Å². The molecule has 0 saturated heterocycles. The Balaban J connectivity index is 1.41. The first-order valence-electron chi connectivity index (χ1n) is 20.0. The maximum Gasteiger partial charge on any atom is 0.303 e. The quantitative estimate of drug-likeness (QED) is 0.0515. The van der Waals surface area contributed by atoms with Gasteiger partial charge >= 0.3 is 5.97 Å². The number of phenolic OH excluding ortho intramolecular Hbond substituents is 1. The van der Waals surface area contributed by atoms with E-state index in [1.165, 1.54) is 26.1 Å². The summed E-state index contributed by atoms with van der Waals surface area (Å²) < 4.78 is 0. The molecular weight excluding hydrogens is 797 g/mol. The Labute approximate surface area is 357 Å². The van der Waals surface area contributed by atoms with Crippen molar-refractivity contribution < 1.29 is 43.8 Å². The Morgan fingerprint density at radius 3 is 1.69 bits per heavy atom. The summed E-state index contributed by atoms with van der Waals surface area (Å²) in [6.07, 6.45) is 3.90. The molecule has 0 aliphatic rings. The van der Waals surface area contributed by atoms with Crippen LogP contribution in [0.4, 0.5) is 0 Å².